The maximum Gasteiger partial charge on any atom is 0.416 e. The number of hydrogen-bond acceptors (Lipinski definition) is 1. The lowest BCUT2D eigenvalue weighted by Gasteiger charge is -2.11. The summed E-state index contributed by atoms with van der Waals surface area (Å²) in [5.41, 5.74) is -1.32. The van der Waals surface area contributed by atoms with Crippen molar-refractivity contribution in [2.24, 2.45) is 0 Å². The highest BCUT2D eigenvalue weighted by Gasteiger charge is 2.31. The third-order valence-corrected chi connectivity index (χ3v) is 2.07. The van der Waals surface area contributed by atoms with Crippen molar-refractivity contribution in [1.29, 1.82) is 0 Å². The van der Waals surface area contributed by atoms with Gasteiger partial charge in [-0.25, -0.2) is 4.39 Å². The van der Waals surface area contributed by atoms with Gasteiger partial charge in [-0.15, -0.1) is 11.6 Å². The van der Waals surface area contributed by atoms with Crippen molar-refractivity contribution in [3.63, 3.8) is 0 Å². The fourth-order valence-corrected chi connectivity index (χ4v) is 1.24. The molecule has 1 rings (SSSR count). The molecule has 0 bridgehead atoms. The Hall–Kier alpha value is -0.810. The maximum absolute atomic E-state index is 12.8. The summed E-state index contributed by atoms with van der Waals surface area (Å²) in [6.07, 6.45) is -5.94. The van der Waals surface area contributed by atoms with E-state index in [1.165, 1.54) is 0 Å². The predicted octanol–water partition coefficient (Wildman–Crippen LogP) is 3.12. The zero-order valence-corrected chi connectivity index (χ0v) is 8.11. The van der Waals surface area contributed by atoms with Crippen LogP contribution in [0.4, 0.5) is 17.6 Å². The summed E-state index contributed by atoms with van der Waals surface area (Å²) in [7, 11) is 0. The topological polar surface area (TPSA) is 20.2 Å². The van der Waals surface area contributed by atoms with Crippen molar-refractivity contribution < 1.29 is 22.7 Å². The average Bonchev–Trinajstić information content (AvgIpc) is 2.14. The first-order valence-corrected chi connectivity index (χ1v) is 4.49. The van der Waals surface area contributed by atoms with Crippen LogP contribution in [0.1, 0.15) is 17.2 Å². The molecule has 0 aliphatic heterocycles. The molecule has 0 aliphatic rings. The van der Waals surface area contributed by atoms with Crippen molar-refractivity contribution in [3.05, 3.63) is 35.1 Å². The molecule has 0 saturated heterocycles. The summed E-state index contributed by atoms with van der Waals surface area (Å²) in [6.45, 7) is 0. The summed E-state index contributed by atoms with van der Waals surface area (Å²) in [6, 6.07) is 1.86. The second-order valence-electron chi connectivity index (χ2n) is 2.94. The number of halogens is 5. The van der Waals surface area contributed by atoms with Gasteiger partial charge in [-0.2, -0.15) is 13.2 Å². The number of aliphatic hydroxyl groups excluding tert-OH is 1. The number of aliphatic hydroxyl groups is 1. The van der Waals surface area contributed by atoms with Gasteiger partial charge < -0.3 is 5.11 Å². The molecular weight excluding hydrogens is 236 g/mol. The van der Waals surface area contributed by atoms with E-state index in [2.05, 4.69) is 0 Å². The molecule has 1 aromatic rings. The highest BCUT2D eigenvalue weighted by Crippen LogP contribution is 2.31. The van der Waals surface area contributed by atoms with Gasteiger partial charge >= 0.3 is 6.18 Å². The van der Waals surface area contributed by atoms with Gasteiger partial charge in [0.15, 0.2) is 0 Å². The van der Waals surface area contributed by atoms with Gasteiger partial charge in [-0.3, -0.25) is 0 Å². The molecule has 0 amide bonds. The van der Waals surface area contributed by atoms with Gasteiger partial charge in [0.05, 0.1) is 17.5 Å². The first-order chi connectivity index (χ1) is 6.84. The first kappa shape index (κ1) is 12.3. The van der Waals surface area contributed by atoms with Crippen LogP contribution in [0.3, 0.4) is 0 Å². The second-order valence-corrected chi connectivity index (χ2v) is 3.25. The van der Waals surface area contributed by atoms with E-state index < -0.39 is 23.7 Å². The Labute approximate surface area is 88.3 Å². The Morgan fingerprint density at radius 1 is 1.27 bits per heavy atom. The van der Waals surface area contributed by atoms with Crippen LogP contribution < -0.4 is 0 Å². The largest absolute Gasteiger partial charge is 0.416 e. The fraction of sp³-hybridized carbons (Fsp3) is 0.333. The molecule has 0 unspecified atom stereocenters. The molecule has 0 radical (unpaired) electrons. The summed E-state index contributed by atoms with van der Waals surface area (Å²) in [5, 5.41) is 9.18. The molecule has 0 spiro atoms. The Balaban J connectivity index is 3.17. The second kappa shape index (κ2) is 4.37. The minimum Gasteiger partial charge on any atom is -0.387 e. The highest BCUT2D eigenvalue weighted by atomic mass is 35.5. The van der Waals surface area contributed by atoms with Crippen molar-refractivity contribution >= 4 is 11.6 Å². The number of benzene rings is 1. The normalized spacial score (nSPS) is 14.0. The van der Waals surface area contributed by atoms with Gasteiger partial charge in [0.25, 0.3) is 0 Å². The van der Waals surface area contributed by atoms with Crippen LogP contribution in [-0.4, -0.2) is 11.0 Å². The Morgan fingerprint density at radius 2 is 1.87 bits per heavy atom. The molecule has 0 aliphatic carbocycles. The monoisotopic (exact) mass is 242 g/mol. The summed E-state index contributed by atoms with van der Waals surface area (Å²) in [4.78, 5) is 0. The predicted molar refractivity (Wildman–Crippen MR) is 47.1 cm³/mol. The SMILES string of the molecule is O[C@@H](CCl)c1cc(F)cc(C(F)(F)F)c1. The van der Waals surface area contributed by atoms with Gasteiger partial charge in [0, 0.05) is 0 Å². The molecule has 0 fully saturated rings. The minimum absolute atomic E-state index is 0.183. The van der Waals surface area contributed by atoms with Crippen LogP contribution in [0, 0.1) is 5.82 Å². The molecule has 1 atom stereocenters. The number of rotatable bonds is 2. The Morgan fingerprint density at radius 3 is 2.33 bits per heavy atom. The van der Waals surface area contributed by atoms with Gasteiger partial charge in [0.2, 0.25) is 0 Å². The van der Waals surface area contributed by atoms with Crippen LogP contribution in [0.15, 0.2) is 18.2 Å². The zero-order valence-electron chi connectivity index (χ0n) is 7.35. The van der Waals surface area contributed by atoms with E-state index in [0.29, 0.717) is 12.1 Å². The van der Waals surface area contributed by atoms with E-state index in [1.807, 2.05) is 0 Å². The third kappa shape index (κ3) is 3.07. The highest BCUT2D eigenvalue weighted by molar-refractivity contribution is 6.18. The van der Waals surface area contributed by atoms with E-state index in [9.17, 15) is 22.7 Å². The molecule has 1 N–H and O–H groups in total. The molecule has 15 heavy (non-hydrogen) atoms. The Bertz CT molecular complexity index is 350. The molecule has 0 heterocycles. The molecule has 0 aromatic heterocycles. The van der Waals surface area contributed by atoms with E-state index >= 15 is 0 Å². The minimum atomic E-state index is -4.64. The van der Waals surface area contributed by atoms with E-state index in [4.69, 9.17) is 11.6 Å². The van der Waals surface area contributed by atoms with Crippen LogP contribution in [0.5, 0.6) is 0 Å². The molecular formula is C9H7ClF4O. The Kier molecular flexibility index (Phi) is 3.57. The van der Waals surface area contributed by atoms with Gasteiger partial charge in [-0.05, 0) is 23.8 Å². The van der Waals surface area contributed by atoms with Crippen LogP contribution in [0.25, 0.3) is 0 Å². The lowest BCUT2D eigenvalue weighted by atomic mass is 10.1. The van der Waals surface area contributed by atoms with Crippen molar-refractivity contribution in [2.45, 2.75) is 12.3 Å². The quantitative estimate of drug-likeness (QED) is 0.624. The molecule has 84 valence electrons. The average molecular weight is 243 g/mol. The van der Waals surface area contributed by atoms with Crippen LogP contribution >= 0.6 is 11.6 Å². The van der Waals surface area contributed by atoms with E-state index in [-0.39, 0.29) is 11.4 Å². The van der Waals surface area contributed by atoms with Gasteiger partial charge in [-0.1, -0.05) is 0 Å². The number of hydrogen-bond donors (Lipinski definition) is 1. The van der Waals surface area contributed by atoms with E-state index in [1.54, 1.807) is 0 Å². The van der Waals surface area contributed by atoms with Gasteiger partial charge in [0.1, 0.15) is 5.82 Å². The third-order valence-electron chi connectivity index (χ3n) is 1.78. The van der Waals surface area contributed by atoms with Crippen molar-refractivity contribution in [1.82, 2.24) is 0 Å². The fourth-order valence-electron chi connectivity index (χ4n) is 1.06. The molecule has 6 heteroatoms. The molecule has 0 saturated carbocycles. The maximum atomic E-state index is 12.8. The smallest absolute Gasteiger partial charge is 0.387 e. The van der Waals surface area contributed by atoms with E-state index in [0.717, 1.165) is 6.07 Å². The lowest BCUT2D eigenvalue weighted by molar-refractivity contribution is -0.137. The summed E-state index contributed by atoms with van der Waals surface area (Å²) in [5.74, 6) is -1.34. The van der Waals surface area contributed by atoms with Crippen molar-refractivity contribution in [3.8, 4) is 0 Å². The number of alkyl halides is 4. The molecule has 1 nitrogen and oxygen atoms in total. The van der Waals surface area contributed by atoms with Crippen LogP contribution in [0.2, 0.25) is 0 Å². The lowest BCUT2D eigenvalue weighted by Crippen LogP contribution is -2.08. The zero-order chi connectivity index (χ0) is 11.6. The molecule has 1 aromatic carbocycles. The standard InChI is InChI=1S/C9H7ClF4O/c10-4-8(15)5-1-6(9(12,13)14)3-7(11)2-5/h1-3,8,15H,4H2/t8-/m0/s1. The van der Waals surface area contributed by atoms with Crippen LogP contribution in [-0.2, 0) is 6.18 Å². The first-order valence-electron chi connectivity index (χ1n) is 3.96. The summed E-state index contributed by atoms with van der Waals surface area (Å²) >= 11 is 5.25. The van der Waals surface area contributed by atoms with Crippen molar-refractivity contribution in [2.75, 3.05) is 5.88 Å². The summed E-state index contributed by atoms with van der Waals surface area (Å²) < 4.78 is 49.5.